The third-order valence-corrected chi connectivity index (χ3v) is 5.58. The number of thiazole rings is 1. The molecule has 23 heavy (non-hydrogen) atoms. The Morgan fingerprint density at radius 2 is 2.13 bits per heavy atom. The minimum Gasteiger partial charge on any atom is -0.455 e. The highest BCUT2D eigenvalue weighted by atomic mass is 32.1. The summed E-state index contributed by atoms with van der Waals surface area (Å²) in [7, 11) is 0. The van der Waals surface area contributed by atoms with Crippen LogP contribution in [-0.4, -0.2) is 15.9 Å². The first kappa shape index (κ1) is 15.9. The summed E-state index contributed by atoms with van der Waals surface area (Å²) in [4.78, 5) is 22.4. The number of carbonyl (C=O) groups excluding carboxylic acids is 1. The van der Waals surface area contributed by atoms with Crippen molar-refractivity contribution in [2.24, 2.45) is 0 Å². The van der Waals surface area contributed by atoms with Crippen molar-refractivity contribution in [3.63, 3.8) is 0 Å². The second-order valence-electron chi connectivity index (χ2n) is 5.27. The molecule has 0 aliphatic carbocycles. The fourth-order valence-corrected chi connectivity index (χ4v) is 4.24. The van der Waals surface area contributed by atoms with E-state index in [9.17, 15) is 4.79 Å². The number of nitrogens with two attached hydrogens (primary N) is 1. The summed E-state index contributed by atoms with van der Waals surface area (Å²) >= 11 is 2.85. The number of hydrogen-bond acceptors (Lipinski definition) is 7. The van der Waals surface area contributed by atoms with Gasteiger partial charge in [0.1, 0.15) is 16.3 Å². The number of thiophene rings is 1. The lowest BCUT2D eigenvalue weighted by atomic mass is 10.1. The molecule has 0 aliphatic heterocycles. The normalized spacial score (nSPS) is 11.1. The van der Waals surface area contributed by atoms with Crippen LogP contribution in [0.4, 0.5) is 5.69 Å². The molecule has 7 heteroatoms. The van der Waals surface area contributed by atoms with Gasteiger partial charge in [0.15, 0.2) is 0 Å². The first-order valence-corrected chi connectivity index (χ1v) is 8.95. The maximum absolute atomic E-state index is 12.3. The summed E-state index contributed by atoms with van der Waals surface area (Å²) in [5.74, 6) is -0.423. The second-order valence-corrected chi connectivity index (χ2v) is 7.21. The van der Waals surface area contributed by atoms with E-state index >= 15 is 0 Å². The number of ether oxygens (including phenoxy) is 1. The number of aromatic nitrogens is 2. The van der Waals surface area contributed by atoms with Gasteiger partial charge in [-0.2, -0.15) is 0 Å². The van der Waals surface area contributed by atoms with E-state index in [1.54, 1.807) is 11.3 Å². The van der Waals surface area contributed by atoms with Gasteiger partial charge in [0.25, 0.3) is 0 Å². The zero-order chi connectivity index (χ0) is 16.6. The van der Waals surface area contributed by atoms with Crippen LogP contribution in [-0.2, 0) is 17.8 Å². The maximum atomic E-state index is 12.3. The van der Waals surface area contributed by atoms with E-state index in [1.165, 1.54) is 11.3 Å². The quantitative estimate of drug-likeness (QED) is 0.725. The van der Waals surface area contributed by atoms with Crippen LogP contribution in [0.3, 0.4) is 0 Å². The predicted molar refractivity (Wildman–Crippen MR) is 94.1 cm³/mol. The minimum atomic E-state index is -0.423. The lowest BCUT2D eigenvalue weighted by Gasteiger charge is -2.02. The summed E-state index contributed by atoms with van der Waals surface area (Å²) in [5, 5.41) is 3.79. The maximum Gasteiger partial charge on any atom is 0.350 e. The van der Waals surface area contributed by atoms with Gasteiger partial charge >= 0.3 is 5.97 Å². The van der Waals surface area contributed by atoms with Crippen LogP contribution >= 0.6 is 22.7 Å². The molecule has 0 saturated heterocycles. The van der Waals surface area contributed by atoms with Gasteiger partial charge in [-0.3, -0.25) is 0 Å². The topological polar surface area (TPSA) is 78.1 Å². The molecule has 3 rings (SSSR count). The fraction of sp³-hybridized carbons (Fsp3) is 0.312. The summed E-state index contributed by atoms with van der Waals surface area (Å²) in [6.07, 6.45) is 0.881. The van der Waals surface area contributed by atoms with Gasteiger partial charge in [-0.1, -0.05) is 6.92 Å². The zero-order valence-corrected chi connectivity index (χ0v) is 14.8. The molecular formula is C16H17N3O2S2. The Morgan fingerprint density at radius 3 is 2.83 bits per heavy atom. The molecule has 3 aromatic rings. The molecule has 5 nitrogen and oxygen atoms in total. The number of carbonyl (C=O) groups is 1. The van der Waals surface area contributed by atoms with Gasteiger partial charge in [-0.25, -0.2) is 14.8 Å². The van der Waals surface area contributed by atoms with E-state index in [-0.39, 0.29) is 6.61 Å². The van der Waals surface area contributed by atoms with Gasteiger partial charge < -0.3 is 10.5 Å². The molecule has 3 heterocycles. The van der Waals surface area contributed by atoms with Crippen LogP contribution in [0.15, 0.2) is 11.4 Å². The molecule has 0 atom stereocenters. The van der Waals surface area contributed by atoms with E-state index in [2.05, 4.69) is 9.97 Å². The average molecular weight is 347 g/mol. The highest BCUT2D eigenvalue weighted by molar-refractivity contribution is 7.21. The molecule has 0 saturated carbocycles. The molecule has 0 unspecified atom stereocenters. The Labute approximate surface area is 142 Å². The van der Waals surface area contributed by atoms with Crippen molar-refractivity contribution in [3.8, 4) is 0 Å². The third kappa shape index (κ3) is 3.07. The summed E-state index contributed by atoms with van der Waals surface area (Å²) < 4.78 is 5.36. The van der Waals surface area contributed by atoms with Crippen molar-refractivity contribution in [2.75, 3.05) is 5.73 Å². The number of nitrogens with zero attached hydrogens (tertiary/aromatic N) is 2. The van der Waals surface area contributed by atoms with Crippen LogP contribution in [0, 0.1) is 13.8 Å². The Hall–Kier alpha value is -1.99. The predicted octanol–water partition coefficient (Wildman–Crippen LogP) is 3.87. The molecule has 0 spiro atoms. The molecule has 120 valence electrons. The second kappa shape index (κ2) is 6.25. The molecule has 3 aromatic heterocycles. The molecule has 2 N–H and O–H groups in total. The highest BCUT2D eigenvalue weighted by Gasteiger charge is 2.20. The molecule has 0 bridgehead atoms. The number of hydrogen-bond donors (Lipinski definition) is 1. The van der Waals surface area contributed by atoms with Crippen molar-refractivity contribution in [2.45, 2.75) is 33.8 Å². The van der Waals surface area contributed by atoms with Gasteiger partial charge in [0.05, 0.1) is 16.4 Å². The number of aryl methyl sites for hydroxylation is 3. The summed E-state index contributed by atoms with van der Waals surface area (Å²) in [5.41, 5.74) is 9.29. The van der Waals surface area contributed by atoms with Gasteiger partial charge in [0, 0.05) is 16.5 Å². The van der Waals surface area contributed by atoms with E-state index < -0.39 is 5.97 Å². The zero-order valence-electron chi connectivity index (χ0n) is 13.2. The summed E-state index contributed by atoms with van der Waals surface area (Å²) in [6.45, 7) is 6.10. The molecule has 0 aliphatic rings. The molecule has 0 radical (unpaired) electrons. The van der Waals surface area contributed by atoms with Gasteiger partial charge in [0.2, 0.25) is 0 Å². The molecule has 0 amide bonds. The third-order valence-electron chi connectivity index (χ3n) is 3.46. The highest BCUT2D eigenvalue weighted by Crippen LogP contribution is 2.35. The van der Waals surface area contributed by atoms with Crippen molar-refractivity contribution in [1.29, 1.82) is 0 Å². The number of rotatable bonds is 4. The van der Waals surface area contributed by atoms with Crippen LogP contribution in [0.5, 0.6) is 0 Å². The first-order chi connectivity index (χ1) is 11.0. The number of fused-ring (bicyclic) bond motifs is 1. The number of esters is 1. The molecule has 0 aromatic carbocycles. The standard InChI is InChI=1S/C16H17N3O2S2/c1-4-11-19-10(7-22-11)6-21-16(20)14-13(17)12-8(2)5-9(3)18-15(12)23-14/h5,7H,4,6,17H2,1-3H3. The van der Waals surface area contributed by atoms with Crippen molar-refractivity contribution >= 4 is 44.5 Å². The van der Waals surface area contributed by atoms with Crippen molar-refractivity contribution < 1.29 is 9.53 Å². The monoisotopic (exact) mass is 347 g/mol. The largest absolute Gasteiger partial charge is 0.455 e. The van der Waals surface area contributed by atoms with Crippen LogP contribution in [0.1, 0.15) is 38.6 Å². The minimum absolute atomic E-state index is 0.161. The van der Waals surface area contributed by atoms with E-state index in [0.29, 0.717) is 10.6 Å². The van der Waals surface area contributed by atoms with Crippen LogP contribution in [0.25, 0.3) is 10.2 Å². The Balaban J connectivity index is 1.83. The number of anilines is 1. The SMILES string of the molecule is CCc1nc(COC(=O)c2sc3nc(C)cc(C)c3c2N)cs1. The van der Waals surface area contributed by atoms with E-state index in [1.807, 2.05) is 32.2 Å². The van der Waals surface area contributed by atoms with E-state index in [4.69, 9.17) is 10.5 Å². The molecular weight excluding hydrogens is 330 g/mol. The first-order valence-electron chi connectivity index (χ1n) is 7.26. The molecule has 0 fully saturated rings. The fourth-order valence-electron chi connectivity index (χ4n) is 2.40. The van der Waals surface area contributed by atoms with Gasteiger partial charge in [-0.05, 0) is 31.9 Å². The number of nitrogen functional groups attached to an aromatic ring is 1. The Kier molecular flexibility index (Phi) is 4.32. The Morgan fingerprint density at radius 1 is 1.35 bits per heavy atom. The van der Waals surface area contributed by atoms with Gasteiger partial charge in [-0.15, -0.1) is 22.7 Å². The summed E-state index contributed by atoms with van der Waals surface area (Å²) in [6, 6.07) is 1.96. The number of pyridine rings is 1. The van der Waals surface area contributed by atoms with Crippen LogP contribution in [0.2, 0.25) is 0 Å². The lowest BCUT2D eigenvalue weighted by molar-refractivity contribution is 0.0475. The van der Waals surface area contributed by atoms with Crippen LogP contribution < -0.4 is 5.73 Å². The van der Waals surface area contributed by atoms with E-state index in [0.717, 1.165) is 38.6 Å². The smallest absolute Gasteiger partial charge is 0.350 e. The average Bonchev–Trinajstić information content (AvgIpc) is 3.09. The van der Waals surface area contributed by atoms with Crippen molar-refractivity contribution in [1.82, 2.24) is 9.97 Å². The Bertz CT molecular complexity index is 883. The van der Waals surface area contributed by atoms with Crippen molar-refractivity contribution in [3.05, 3.63) is 38.3 Å². The lowest BCUT2D eigenvalue weighted by Crippen LogP contribution is -2.06.